The fourth-order valence-electron chi connectivity index (χ4n) is 2.01. The summed E-state index contributed by atoms with van der Waals surface area (Å²) < 4.78 is 10.4. The second-order valence-corrected chi connectivity index (χ2v) is 5.83. The lowest BCUT2D eigenvalue weighted by Gasteiger charge is -2.18. The van der Waals surface area contributed by atoms with Gasteiger partial charge in [0.05, 0.1) is 36.8 Å². The number of thioether (sulfide) groups is 1. The number of anilines is 3. The molecule has 0 saturated carbocycles. The summed E-state index contributed by atoms with van der Waals surface area (Å²) in [6.07, 6.45) is 1.60. The predicted octanol–water partition coefficient (Wildman–Crippen LogP) is -1.38. The molecule has 3 rings (SSSR count). The topological polar surface area (TPSA) is 149 Å². The van der Waals surface area contributed by atoms with Gasteiger partial charge in [-0.05, 0) is 0 Å². The van der Waals surface area contributed by atoms with Crippen LogP contribution in [0.2, 0.25) is 0 Å². The van der Waals surface area contributed by atoms with Gasteiger partial charge in [0.2, 0.25) is 11.2 Å². The van der Waals surface area contributed by atoms with Crippen molar-refractivity contribution in [1.82, 2.24) is 15.2 Å². The van der Waals surface area contributed by atoms with Crippen LogP contribution in [0, 0.1) is 0 Å². The largest absolute Gasteiger partial charge is 0.383 e. The highest BCUT2D eigenvalue weighted by Crippen LogP contribution is 2.16. The van der Waals surface area contributed by atoms with Crippen LogP contribution in [-0.4, -0.2) is 53.2 Å². The molecule has 0 aliphatic carbocycles. The number of hydrogen-bond donors (Lipinski definition) is 3. The van der Waals surface area contributed by atoms with E-state index in [0.717, 1.165) is 11.8 Å². The molecule has 1 fully saturated rings. The van der Waals surface area contributed by atoms with E-state index < -0.39 is 0 Å². The van der Waals surface area contributed by atoms with E-state index >= 15 is 0 Å². The van der Waals surface area contributed by atoms with Crippen LogP contribution in [0.25, 0.3) is 0 Å². The first kappa shape index (κ1) is 16.3. The number of rotatable bonds is 5. The van der Waals surface area contributed by atoms with Gasteiger partial charge in [-0.15, -0.1) is 5.01 Å². The summed E-state index contributed by atoms with van der Waals surface area (Å²) in [4.78, 5) is 21.5. The van der Waals surface area contributed by atoms with Gasteiger partial charge >= 0.3 is 5.88 Å². The summed E-state index contributed by atoms with van der Waals surface area (Å²) in [6, 6.07) is 1.45. The van der Waals surface area contributed by atoms with E-state index in [1.54, 1.807) is 11.0 Å². The van der Waals surface area contributed by atoms with Gasteiger partial charge in [-0.1, -0.05) is 11.8 Å². The van der Waals surface area contributed by atoms with Crippen molar-refractivity contribution in [2.24, 2.45) is 0 Å². The molecule has 12 heteroatoms. The van der Waals surface area contributed by atoms with Crippen LogP contribution in [0.15, 0.2) is 21.9 Å². The molecule has 1 aliphatic rings. The molecular weight excluding hydrogens is 336 g/mol. The van der Waals surface area contributed by atoms with Crippen molar-refractivity contribution in [3.63, 3.8) is 0 Å². The van der Waals surface area contributed by atoms with Crippen LogP contribution in [-0.2, 0) is 9.53 Å². The number of carbonyl (C=O) groups excluding carboxylic acids is 1. The summed E-state index contributed by atoms with van der Waals surface area (Å²) >= 11 is 1.12. The Balaban J connectivity index is 1.52. The maximum absolute atomic E-state index is 12.0. The van der Waals surface area contributed by atoms with Crippen molar-refractivity contribution < 1.29 is 18.8 Å². The van der Waals surface area contributed by atoms with Gasteiger partial charge in [-0.3, -0.25) is 14.6 Å². The first-order valence-electron chi connectivity index (χ1n) is 7.14. The van der Waals surface area contributed by atoms with Crippen LogP contribution < -0.4 is 26.6 Å². The van der Waals surface area contributed by atoms with E-state index in [-0.39, 0.29) is 29.2 Å². The molecule has 0 bridgehead atoms. The average molecular weight is 353 g/mol. The van der Waals surface area contributed by atoms with Crippen molar-refractivity contribution in [2.45, 2.75) is 5.16 Å². The van der Waals surface area contributed by atoms with E-state index in [9.17, 15) is 4.79 Å². The highest BCUT2D eigenvalue weighted by Gasteiger charge is 2.23. The van der Waals surface area contributed by atoms with Gasteiger partial charge < -0.3 is 16.2 Å². The number of carbonyl (C=O) groups is 1. The van der Waals surface area contributed by atoms with Crippen molar-refractivity contribution in [2.75, 3.05) is 53.8 Å². The molecule has 0 radical (unpaired) electrons. The Morgan fingerprint density at radius 1 is 1.33 bits per heavy atom. The van der Waals surface area contributed by atoms with E-state index in [1.807, 2.05) is 5.01 Å². The summed E-state index contributed by atoms with van der Waals surface area (Å²) in [5.41, 5.74) is 11.2. The van der Waals surface area contributed by atoms with Gasteiger partial charge in [0.15, 0.2) is 5.16 Å². The molecule has 5 N–H and O–H groups in total. The zero-order valence-corrected chi connectivity index (χ0v) is 13.5. The standard InChI is InChI=1S/C12H16N8O3S/c13-8-5-9(14)16-12(15-8)24-7-10(21)17-11-6-20(18-23-11)19-1-3-22-4-2-19/h5-6H,1-4,7H2,(H4-,13,14,15,16,17,18,21)/p+1. The molecule has 0 unspecified atom stereocenters. The molecule has 0 aromatic carbocycles. The third kappa shape index (κ3) is 4.23. The summed E-state index contributed by atoms with van der Waals surface area (Å²) in [5, 5.41) is 8.76. The van der Waals surface area contributed by atoms with Crippen molar-refractivity contribution in [1.29, 1.82) is 0 Å². The minimum Gasteiger partial charge on any atom is -0.383 e. The zero-order chi connectivity index (χ0) is 16.9. The fourth-order valence-corrected chi connectivity index (χ4v) is 2.69. The van der Waals surface area contributed by atoms with E-state index in [4.69, 9.17) is 20.7 Å². The Bertz CT molecular complexity index is 698. The number of ether oxygens (including phenoxy) is 1. The minimum absolute atomic E-state index is 0.0845. The molecule has 1 saturated heterocycles. The monoisotopic (exact) mass is 353 g/mol. The number of nitrogens with one attached hydrogen (secondary N) is 1. The lowest BCUT2D eigenvalue weighted by Crippen LogP contribution is -2.62. The van der Waals surface area contributed by atoms with Crippen LogP contribution >= 0.6 is 11.8 Å². The Hall–Kier alpha value is -2.60. The Kier molecular flexibility index (Phi) is 4.96. The normalized spacial score (nSPS) is 14.6. The SMILES string of the molecule is Nc1cc(N)nc(SCC(=O)Nc2c[n+](N3CCOCC3)no2)n1. The molecular formula is C12H17N8O3S+. The minimum atomic E-state index is -0.283. The zero-order valence-electron chi connectivity index (χ0n) is 12.7. The summed E-state index contributed by atoms with van der Waals surface area (Å²) in [5.74, 6) is 0.565. The molecule has 11 nitrogen and oxygen atoms in total. The quantitative estimate of drug-likeness (QED) is 0.333. The van der Waals surface area contributed by atoms with E-state index in [2.05, 4.69) is 20.6 Å². The number of amides is 1. The number of morpholine rings is 1. The fraction of sp³-hybridized carbons (Fsp3) is 0.417. The Morgan fingerprint density at radius 3 is 2.75 bits per heavy atom. The molecule has 0 spiro atoms. The van der Waals surface area contributed by atoms with Crippen LogP contribution in [0.5, 0.6) is 0 Å². The maximum Gasteiger partial charge on any atom is 0.305 e. The van der Waals surface area contributed by atoms with Gasteiger partial charge in [0.25, 0.3) is 6.20 Å². The predicted molar refractivity (Wildman–Crippen MR) is 85.7 cm³/mol. The molecule has 128 valence electrons. The van der Waals surface area contributed by atoms with Gasteiger partial charge in [-0.2, -0.15) is 0 Å². The third-order valence-corrected chi connectivity index (χ3v) is 3.92. The number of nitrogens with zero attached hydrogens (tertiary/aromatic N) is 5. The first-order valence-corrected chi connectivity index (χ1v) is 8.13. The first-order chi connectivity index (χ1) is 11.6. The van der Waals surface area contributed by atoms with Crippen LogP contribution in [0.4, 0.5) is 17.5 Å². The van der Waals surface area contributed by atoms with E-state index in [1.165, 1.54) is 6.07 Å². The summed E-state index contributed by atoms with van der Waals surface area (Å²) in [7, 11) is 0. The molecule has 1 amide bonds. The lowest BCUT2D eigenvalue weighted by molar-refractivity contribution is -0.759. The molecule has 2 aromatic heterocycles. The number of hydrogen-bond acceptors (Lipinski definition) is 10. The lowest BCUT2D eigenvalue weighted by atomic mass is 10.5. The van der Waals surface area contributed by atoms with Crippen LogP contribution in [0.3, 0.4) is 0 Å². The number of nitrogen functional groups attached to an aromatic ring is 2. The van der Waals surface area contributed by atoms with Gasteiger partial charge in [0, 0.05) is 6.07 Å². The van der Waals surface area contributed by atoms with Crippen LogP contribution in [0.1, 0.15) is 0 Å². The smallest absolute Gasteiger partial charge is 0.305 e. The van der Waals surface area contributed by atoms with Crippen molar-refractivity contribution in [3.05, 3.63) is 12.3 Å². The molecule has 24 heavy (non-hydrogen) atoms. The average Bonchev–Trinajstić information content (AvgIpc) is 3.01. The van der Waals surface area contributed by atoms with Gasteiger partial charge in [0.1, 0.15) is 11.6 Å². The highest BCUT2D eigenvalue weighted by molar-refractivity contribution is 7.99. The number of nitrogens with two attached hydrogens (primary N) is 2. The van der Waals surface area contributed by atoms with Crippen molar-refractivity contribution in [3.8, 4) is 0 Å². The van der Waals surface area contributed by atoms with Gasteiger partial charge in [-0.25, -0.2) is 9.97 Å². The summed E-state index contributed by atoms with van der Waals surface area (Å²) in [6.45, 7) is 2.66. The molecule has 2 aromatic rings. The second-order valence-electron chi connectivity index (χ2n) is 4.89. The Morgan fingerprint density at radius 2 is 2.04 bits per heavy atom. The molecule has 1 aliphatic heterocycles. The second kappa shape index (κ2) is 7.31. The Labute approximate surface area is 141 Å². The molecule has 0 atom stereocenters. The van der Waals surface area contributed by atoms with Crippen molar-refractivity contribution >= 4 is 35.2 Å². The number of aromatic nitrogens is 4. The van der Waals surface area contributed by atoms with E-state index in [0.29, 0.717) is 31.5 Å². The highest BCUT2D eigenvalue weighted by atomic mass is 32.2. The molecule has 3 heterocycles. The third-order valence-electron chi connectivity index (χ3n) is 3.07. The maximum atomic E-state index is 12.0.